The molecule has 5 nitrogen and oxygen atoms in total. The highest BCUT2D eigenvalue weighted by molar-refractivity contribution is 5.47. The fourth-order valence-electron chi connectivity index (χ4n) is 1.80. The fourth-order valence-corrected chi connectivity index (χ4v) is 1.80. The Morgan fingerprint density at radius 3 is 3.06 bits per heavy atom. The summed E-state index contributed by atoms with van der Waals surface area (Å²) in [6, 6.07) is 7.07. The fraction of sp³-hybridized carbons (Fsp3) is 0.385. The number of pyridine rings is 1. The van der Waals surface area contributed by atoms with Crippen LogP contribution < -0.4 is 10.5 Å². The second-order valence-corrected chi connectivity index (χ2v) is 4.15. The number of rotatable bonds is 5. The van der Waals surface area contributed by atoms with E-state index >= 15 is 0 Å². The van der Waals surface area contributed by atoms with Crippen LogP contribution in [-0.2, 0) is 4.74 Å². The van der Waals surface area contributed by atoms with E-state index in [2.05, 4.69) is 4.98 Å². The second kappa shape index (κ2) is 5.64. The summed E-state index contributed by atoms with van der Waals surface area (Å²) in [5.41, 5.74) is 0.604. The van der Waals surface area contributed by atoms with Crippen LogP contribution in [0.3, 0.4) is 0 Å². The third kappa shape index (κ3) is 2.68. The number of methoxy groups -OCH3 is 1. The van der Waals surface area contributed by atoms with E-state index in [9.17, 15) is 4.79 Å². The molecule has 0 fully saturated rings. The molecule has 0 saturated heterocycles. The molecule has 0 unspecified atom stereocenters. The maximum Gasteiger partial charge on any atom is 0.259 e. The average molecular weight is 247 g/mol. The summed E-state index contributed by atoms with van der Waals surface area (Å²) in [5.74, 6) is 0.697. The van der Waals surface area contributed by atoms with Crippen LogP contribution in [0.25, 0.3) is 5.65 Å². The lowest BCUT2D eigenvalue weighted by atomic mass is 10.4. The lowest BCUT2D eigenvalue weighted by Gasteiger charge is -2.17. The lowest BCUT2D eigenvalue weighted by Crippen LogP contribution is -2.24. The summed E-state index contributed by atoms with van der Waals surface area (Å²) >= 11 is 0. The molecule has 0 aliphatic rings. The number of aromatic nitrogens is 2. The van der Waals surface area contributed by atoms with Gasteiger partial charge in [-0.1, -0.05) is 6.07 Å². The van der Waals surface area contributed by atoms with Gasteiger partial charge in [-0.3, -0.25) is 9.20 Å². The van der Waals surface area contributed by atoms with Gasteiger partial charge in [0.25, 0.3) is 5.56 Å². The Bertz CT molecular complexity index is 580. The molecule has 0 saturated carbocycles. The molecule has 0 aromatic carbocycles. The van der Waals surface area contributed by atoms with Crippen LogP contribution in [0.2, 0.25) is 0 Å². The van der Waals surface area contributed by atoms with E-state index in [1.165, 1.54) is 4.40 Å². The van der Waals surface area contributed by atoms with E-state index in [0.29, 0.717) is 18.1 Å². The monoisotopic (exact) mass is 247 g/mol. The smallest absolute Gasteiger partial charge is 0.259 e. The van der Waals surface area contributed by atoms with Crippen molar-refractivity contribution >= 4 is 11.5 Å². The molecule has 2 aromatic rings. The molecule has 0 atom stereocenters. The molecule has 0 N–H and O–H groups in total. The minimum absolute atomic E-state index is 0.0609. The molecular weight excluding hydrogens is 230 g/mol. The molecule has 0 radical (unpaired) electrons. The first-order chi connectivity index (χ1) is 8.72. The molecule has 18 heavy (non-hydrogen) atoms. The van der Waals surface area contributed by atoms with Crippen LogP contribution in [0.1, 0.15) is 6.42 Å². The van der Waals surface area contributed by atoms with E-state index in [-0.39, 0.29) is 5.56 Å². The zero-order chi connectivity index (χ0) is 13.0. The van der Waals surface area contributed by atoms with Gasteiger partial charge >= 0.3 is 0 Å². The van der Waals surface area contributed by atoms with Crippen molar-refractivity contribution in [1.82, 2.24) is 9.38 Å². The molecule has 0 spiro atoms. The van der Waals surface area contributed by atoms with Crippen LogP contribution >= 0.6 is 0 Å². The molecule has 96 valence electrons. The number of hydrogen-bond acceptors (Lipinski definition) is 4. The Morgan fingerprint density at radius 2 is 2.28 bits per heavy atom. The van der Waals surface area contributed by atoms with E-state index in [1.807, 2.05) is 30.1 Å². The highest BCUT2D eigenvalue weighted by atomic mass is 16.5. The van der Waals surface area contributed by atoms with Crippen LogP contribution in [0.4, 0.5) is 5.82 Å². The maximum atomic E-state index is 11.9. The first-order valence-electron chi connectivity index (χ1n) is 5.91. The Hall–Kier alpha value is -1.88. The van der Waals surface area contributed by atoms with Crippen LogP contribution in [0, 0.1) is 0 Å². The molecule has 0 amide bonds. The Kier molecular flexibility index (Phi) is 3.94. The molecule has 0 aliphatic heterocycles. The zero-order valence-electron chi connectivity index (χ0n) is 10.7. The highest BCUT2D eigenvalue weighted by Crippen LogP contribution is 2.08. The summed E-state index contributed by atoms with van der Waals surface area (Å²) in [6.07, 6.45) is 2.63. The molecule has 2 heterocycles. The van der Waals surface area contributed by atoms with Crippen molar-refractivity contribution in [2.24, 2.45) is 0 Å². The second-order valence-electron chi connectivity index (χ2n) is 4.15. The van der Waals surface area contributed by atoms with Crippen LogP contribution in [0.5, 0.6) is 0 Å². The predicted octanol–water partition coefficient (Wildman–Crippen LogP) is 1.17. The normalized spacial score (nSPS) is 10.8. The van der Waals surface area contributed by atoms with Crippen LogP contribution in [0.15, 0.2) is 35.3 Å². The molecule has 0 aliphatic carbocycles. The highest BCUT2D eigenvalue weighted by Gasteiger charge is 2.05. The third-order valence-corrected chi connectivity index (χ3v) is 2.79. The topological polar surface area (TPSA) is 46.8 Å². The molecule has 5 heteroatoms. The van der Waals surface area contributed by atoms with Gasteiger partial charge in [-0.2, -0.15) is 0 Å². The Labute approximate surface area is 106 Å². The number of anilines is 1. The van der Waals surface area contributed by atoms with Crippen molar-refractivity contribution in [3.8, 4) is 0 Å². The van der Waals surface area contributed by atoms with Crippen molar-refractivity contribution in [1.29, 1.82) is 0 Å². The SMILES string of the molecule is COCCCN(C)c1cc(=O)n2ccccc2n1. The number of nitrogens with zero attached hydrogens (tertiary/aromatic N) is 3. The summed E-state index contributed by atoms with van der Waals surface area (Å²) in [4.78, 5) is 18.3. The van der Waals surface area contributed by atoms with Crippen molar-refractivity contribution in [3.05, 3.63) is 40.8 Å². The molecule has 2 rings (SSSR count). The minimum atomic E-state index is -0.0609. The molecular formula is C13H17N3O2. The van der Waals surface area contributed by atoms with Crippen molar-refractivity contribution in [3.63, 3.8) is 0 Å². The van der Waals surface area contributed by atoms with Gasteiger partial charge in [0, 0.05) is 39.6 Å². The first kappa shape index (κ1) is 12.6. The van der Waals surface area contributed by atoms with Gasteiger partial charge in [-0.15, -0.1) is 0 Å². The predicted molar refractivity (Wildman–Crippen MR) is 71.2 cm³/mol. The Morgan fingerprint density at radius 1 is 1.44 bits per heavy atom. The van der Waals surface area contributed by atoms with E-state index < -0.39 is 0 Å². The number of ether oxygens (including phenoxy) is 1. The summed E-state index contributed by atoms with van der Waals surface area (Å²) in [5, 5.41) is 0. The van der Waals surface area contributed by atoms with Gasteiger partial charge in [0.05, 0.1) is 0 Å². The van der Waals surface area contributed by atoms with Crippen molar-refractivity contribution < 1.29 is 4.74 Å². The van der Waals surface area contributed by atoms with Gasteiger partial charge < -0.3 is 9.64 Å². The van der Waals surface area contributed by atoms with Crippen LogP contribution in [-0.4, -0.2) is 36.7 Å². The summed E-state index contributed by atoms with van der Waals surface area (Å²) < 4.78 is 6.54. The standard InChI is InChI=1S/C13H17N3O2/c1-15(7-5-9-18-2)12-10-13(17)16-8-4-3-6-11(16)14-12/h3-4,6,8,10H,5,7,9H2,1-2H3. The van der Waals surface area contributed by atoms with Gasteiger partial charge in [0.2, 0.25) is 0 Å². The van der Waals surface area contributed by atoms with E-state index in [1.54, 1.807) is 19.4 Å². The van der Waals surface area contributed by atoms with E-state index in [0.717, 1.165) is 13.0 Å². The quantitative estimate of drug-likeness (QED) is 0.744. The minimum Gasteiger partial charge on any atom is -0.385 e. The molecule has 0 bridgehead atoms. The number of fused-ring (bicyclic) bond motifs is 1. The van der Waals surface area contributed by atoms with E-state index in [4.69, 9.17) is 4.74 Å². The van der Waals surface area contributed by atoms with Gasteiger partial charge in [0.15, 0.2) is 0 Å². The number of hydrogen-bond donors (Lipinski definition) is 0. The summed E-state index contributed by atoms with van der Waals surface area (Å²) in [7, 11) is 3.61. The van der Waals surface area contributed by atoms with Gasteiger partial charge in [-0.25, -0.2) is 4.98 Å². The Balaban J connectivity index is 2.26. The third-order valence-electron chi connectivity index (χ3n) is 2.79. The first-order valence-corrected chi connectivity index (χ1v) is 5.91. The van der Waals surface area contributed by atoms with Gasteiger partial charge in [0.1, 0.15) is 11.5 Å². The van der Waals surface area contributed by atoms with Gasteiger partial charge in [-0.05, 0) is 18.6 Å². The lowest BCUT2D eigenvalue weighted by molar-refractivity contribution is 0.196. The molecule has 2 aromatic heterocycles. The van der Waals surface area contributed by atoms with Crippen molar-refractivity contribution in [2.45, 2.75) is 6.42 Å². The average Bonchev–Trinajstić information content (AvgIpc) is 2.39. The maximum absolute atomic E-state index is 11.9. The summed E-state index contributed by atoms with van der Waals surface area (Å²) in [6.45, 7) is 1.51. The zero-order valence-corrected chi connectivity index (χ0v) is 10.7. The largest absolute Gasteiger partial charge is 0.385 e. The van der Waals surface area contributed by atoms with Crippen molar-refractivity contribution in [2.75, 3.05) is 32.2 Å².